The van der Waals surface area contributed by atoms with Gasteiger partial charge in [0.2, 0.25) is 10.0 Å². The van der Waals surface area contributed by atoms with Gasteiger partial charge in [-0.25, -0.2) is 13.1 Å². The molecule has 10 heteroatoms. The Kier molecular flexibility index (Phi) is 8.83. The number of ether oxygens (including phenoxy) is 1. The summed E-state index contributed by atoms with van der Waals surface area (Å²) < 4.78 is 34.0. The molecule has 1 heterocycles. The lowest BCUT2D eigenvalue weighted by Gasteiger charge is -2.32. The molecule has 200 valence electrons. The molecule has 1 aliphatic carbocycles. The fourth-order valence-electron chi connectivity index (χ4n) is 4.69. The first kappa shape index (κ1) is 27.1. The molecule has 2 amide bonds. The van der Waals surface area contributed by atoms with Crippen molar-refractivity contribution in [3.63, 3.8) is 0 Å². The van der Waals surface area contributed by atoms with Crippen molar-refractivity contribution in [2.75, 3.05) is 45.2 Å². The minimum absolute atomic E-state index is 0.0100. The van der Waals surface area contributed by atoms with Crippen LogP contribution in [-0.2, 0) is 14.8 Å². The Hall–Kier alpha value is -2.95. The number of piperazine rings is 1. The number of carbonyl (C=O) groups is 2. The van der Waals surface area contributed by atoms with Crippen LogP contribution in [0.2, 0.25) is 0 Å². The van der Waals surface area contributed by atoms with Crippen LogP contribution in [0.4, 0.5) is 5.69 Å². The molecule has 2 fully saturated rings. The van der Waals surface area contributed by atoms with E-state index in [9.17, 15) is 18.0 Å². The minimum Gasteiger partial charge on any atom is -0.483 e. The van der Waals surface area contributed by atoms with E-state index < -0.39 is 10.0 Å². The van der Waals surface area contributed by atoms with Crippen LogP contribution in [-0.4, -0.2) is 75.9 Å². The van der Waals surface area contributed by atoms with E-state index >= 15 is 0 Å². The van der Waals surface area contributed by atoms with Gasteiger partial charge in [0.25, 0.3) is 11.8 Å². The number of sulfonamides is 1. The van der Waals surface area contributed by atoms with Crippen molar-refractivity contribution in [2.24, 2.45) is 0 Å². The average Bonchev–Trinajstić information content (AvgIpc) is 2.89. The normalized spacial score (nSPS) is 17.4. The summed E-state index contributed by atoms with van der Waals surface area (Å²) in [4.78, 5) is 29.3. The van der Waals surface area contributed by atoms with Gasteiger partial charge in [0.1, 0.15) is 5.75 Å². The first-order valence-corrected chi connectivity index (χ1v) is 14.3. The summed E-state index contributed by atoms with van der Waals surface area (Å²) in [5.74, 6) is 0.0808. The third kappa shape index (κ3) is 7.30. The smallest absolute Gasteiger partial charge is 0.262 e. The maximum Gasteiger partial charge on any atom is 0.262 e. The third-order valence-corrected chi connectivity index (χ3v) is 8.47. The second kappa shape index (κ2) is 12.1. The number of nitrogens with one attached hydrogen (secondary N) is 2. The summed E-state index contributed by atoms with van der Waals surface area (Å²) in [6.45, 7) is 4.64. The predicted octanol–water partition coefficient (Wildman–Crippen LogP) is 3.01. The van der Waals surface area contributed by atoms with E-state index in [-0.39, 0.29) is 29.4 Å². The summed E-state index contributed by atoms with van der Waals surface area (Å²) >= 11 is 0. The minimum atomic E-state index is -3.60. The molecule has 0 atom stereocenters. The van der Waals surface area contributed by atoms with E-state index in [0.717, 1.165) is 45.2 Å². The lowest BCUT2D eigenvalue weighted by Crippen LogP contribution is -2.47. The molecular formula is C27H36N4O5S. The monoisotopic (exact) mass is 528 g/mol. The van der Waals surface area contributed by atoms with Crippen molar-refractivity contribution in [3.05, 3.63) is 53.6 Å². The standard InChI is InChI=1S/C27H36N4O5S/c1-20-18-24(37(34,35)29-23-6-4-3-5-7-23)12-13-25(20)36-19-26(32)28-22-10-8-21(9-11-22)27(33)31-16-14-30(2)15-17-31/h8-13,18,23,29H,3-7,14-17,19H2,1-2H3,(H,28,32). The summed E-state index contributed by atoms with van der Waals surface area (Å²) in [5, 5.41) is 2.76. The van der Waals surface area contributed by atoms with Crippen LogP contribution in [0.3, 0.4) is 0 Å². The van der Waals surface area contributed by atoms with Gasteiger partial charge in [0.05, 0.1) is 4.90 Å². The molecule has 1 aliphatic heterocycles. The van der Waals surface area contributed by atoms with Gasteiger partial charge in [0, 0.05) is 43.5 Å². The molecule has 0 spiro atoms. The molecule has 0 bridgehead atoms. The van der Waals surface area contributed by atoms with Crippen molar-refractivity contribution in [2.45, 2.75) is 50.0 Å². The number of nitrogens with zero attached hydrogens (tertiary/aromatic N) is 2. The van der Waals surface area contributed by atoms with Gasteiger partial charge >= 0.3 is 0 Å². The number of carbonyl (C=O) groups excluding carboxylic acids is 2. The van der Waals surface area contributed by atoms with Crippen LogP contribution in [0.1, 0.15) is 48.0 Å². The highest BCUT2D eigenvalue weighted by atomic mass is 32.2. The fraction of sp³-hybridized carbons (Fsp3) is 0.481. The molecule has 1 saturated carbocycles. The van der Waals surface area contributed by atoms with E-state index in [4.69, 9.17) is 4.74 Å². The number of likely N-dealkylation sites (N-methyl/N-ethyl adjacent to an activating group) is 1. The zero-order chi connectivity index (χ0) is 26.4. The highest BCUT2D eigenvalue weighted by Gasteiger charge is 2.23. The number of hydrogen-bond acceptors (Lipinski definition) is 6. The van der Waals surface area contributed by atoms with E-state index in [1.807, 2.05) is 11.9 Å². The molecule has 0 aromatic heterocycles. The molecule has 2 aliphatic rings. The van der Waals surface area contributed by atoms with E-state index in [1.54, 1.807) is 43.3 Å². The van der Waals surface area contributed by atoms with Crippen molar-refractivity contribution >= 4 is 27.5 Å². The van der Waals surface area contributed by atoms with Crippen LogP contribution in [0.25, 0.3) is 0 Å². The average molecular weight is 529 g/mol. The summed E-state index contributed by atoms with van der Waals surface area (Å²) in [7, 11) is -1.56. The zero-order valence-corrected chi connectivity index (χ0v) is 22.4. The summed E-state index contributed by atoms with van der Waals surface area (Å²) in [5.41, 5.74) is 1.78. The molecule has 1 saturated heterocycles. The maximum absolute atomic E-state index is 12.8. The molecule has 0 unspecified atom stereocenters. The topological polar surface area (TPSA) is 108 Å². The van der Waals surface area contributed by atoms with E-state index in [1.165, 1.54) is 6.07 Å². The van der Waals surface area contributed by atoms with Crippen LogP contribution in [0.5, 0.6) is 5.75 Å². The number of amides is 2. The molecule has 2 aromatic carbocycles. The van der Waals surface area contributed by atoms with Gasteiger partial charge in [-0.2, -0.15) is 0 Å². The Morgan fingerprint density at radius 2 is 1.65 bits per heavy atom. The summed E-state index contributed by atoms with van der Waals surface area (Å²) in [6, 6.07) is 11.4. The molecule has 9 nitrogen and oxygen atoms in total. The zero-order valence-electron chi connectivity index (χ0n) is 21.5. The Labute approximate surface area is 219 Å². The number of anilines is 1. The largest absolute Gasteiger partial charge is 0.483 e. The molecular weight excluding hydrogens is 492 g/mol. The highest BCUT2D eigenvalue weighted by molar-refractivity contribution is 7.89. The van der Waals surface area contributed by atoms with Gasteiger partial charge in [-0.15, -0.1) is 0 Å². The number of rotatable bonds is 8. The Balaban J connectivity index is 1.28. The second-order valence-electron chi connectivity index (χ2n) is 9.89. The van der Waals surface area contributed by atoms with E-state index in [2.05, 4.69) is 14.9 Å². The SMILES string of the molecule is Cc1cc(S(=O)(=O)NC2CCCCC2)ccc1OCC(=O)Nc1ccc(C(=O)N2CCN(C)CC2)cc1. The van der Waals surface area contributed by atoms with Gasteiger partial charge in [-0.3, -0.25) is 9.59 Å². The van der Waals surface area contributed by atoms with Gasteiger partial charge in [0.15, 0.2) is 6.61 Å². The highest BCUT2D eigenvalue weighted by Crippen LogP contribution is 2.24. The first-order chi connectivity index (χ1) is 17.7. The van der Waals surface area contributed by atoms with Gasteiger partial charge in [-0.1, -0.05) is 19.3 Å². The lowest BCUT2D eigenvalue weighted by molar-refractivity contribution is -0.118. The first-order valence-electron chi connectivity index (χ1n) is 12.8. The Morgan fingerprint density at radius 1 is 0.973 bits per heavy atom. The Morgan fingerprint density at radius 3 is 2.30 bits per heavy atom. The molecule has 4 rings (SSSR count). The number of aryl methyl sites for hydroxylation is 1. The summed E-state index contributed by atoms with van der Waals surface area (Å²) in [6.07, 6.45) is 4.96. The van der Waals surface area contributed by atoms with Crippen LogP contribution < -0.4 is 14.8 Å². The van der Waals surface area contributed by atoms with Crippen LogP contribution >= 0.6 is 0 Å². The van der Waals surface area contributed by atoms with Crippen molar-refractivity contribution in [3.8, 4) is 5.75 Å². The third-order valence-electron chi connectivity index (χ3n) is 6.95. The van der Waals surface area contributed by atoms with Gasteiger partial charge < -0.3 is 19.9 Å². The van der Waals surface area contributed by atoms with Crippen molar-refractivity contribution < 1.29 is 22.7 Å². The predicted molar refractivity (Wildman–Crippen MR) is 142 cm³/mol. The van der Waals surface area contributed by atoms with Crippen molar-refractivity contribution in [1.29, 1.82) is 0 Å². The molecule has 37 heavy (non-hydrogen) atoms. The number of benzene rings is 2. The second-order valence-corrected chi connectivity index (χ2v) is 11.6. The molecule has 0 radical (unpaired) electrons. The fourth-order valence-corrected chi connectivity index (χ4v) is 6.08. The van der Waals surface area contributed by atoms with Crippen LogP contribution in [0, 0.1) is 6.92 Å². The van der Waals surface area contributed by atoms with Gasteiger partial charge in [-0.05, 0) is 74.8 Å². The lowest BCUT2D eigenvalue weighted by atomic mass is 9.96. The maximum atomic E-state index is 12.8. The van der Waals surface area contributed by atoms with Crippen molar-refractivity contribution in [1.82, 2.24) is 14.5 Å². The number of hydrogen-bond donors (Lipinski definition) is 2. The Bertz CT molecular complexity index is 1200. The molecule has 2 N–H and O–H groups in total. The van der Waals surface area contributed by atoms with E-state index in [0.29, 0.717) is 35.7 Å². The van der Waals surface area contributed by atoms with Crippen LogP contribution in [0.15, 0.2) is 47.4 Å². The molecule has 2 aromatic rings. The quantitative estimate of drug-likeness (QED) is 0.545.